The Bertz CT molecular complexity index is 665. The summed E-state index contributed by atoms with van der Waals surface area (Å²) in [5, 5.41) is 4.75. The molecule has 124 valence electrons. The topological polar surface area (TPSA) is 38.1 Å². The van der Waals surface area contributed by atoms with Gasteiger partial charge in [-0.25, -0.2) is 0 Å². The molecular weight excluding hydrogens is 286 g/mol. The van der Waals surface area contributed by atoms with Gasteiger partial charge in [-0.05, 0) is 70.8 Å². The summed E-state index contributed by atoms with van der Waals surface area (Å²) in [6.45, 7) is 7.51. The highest BCUT2D eigenvalue weighted by Gasteiger charge is 2.58. The second kappa shape index (κ2) is 4.40. The highest BCUT2D eigenvalue weighted by molar-refractivity contribution is 5.93. The van der Waals surface area contributed by atoms with Crippen molar-refractivity contribution in [3.05, 3.63) is 17.5 Å². The van der Waals surface area contributed by atoms with Gasteiger partial charge in [0, 0.05) is 30.1 Å². The third-order valence-corrected chi connectivity index (χ3v) is 6.66. The first kappa shape index (κ1) is 14.1. The fourth-order valence-electron chi connectivity index (χ4n) is 5.41. The van der Waals surface area contributed by atoms with Gasteiger partial charge in [-0.15, -0.1) is 0 Å². The zero-order chi connectivity index (χ0) is 15.9. The molecule has 4 heteroatoms. The van der Waals surface area contributed by atoms with Crippen molar-refractivity contribution in [1.82, 2.24) is 14.7 Å². The number of fused-ring (bicyclic) bond motifs is 5. The molecule has 2 bridgehead atoms. The van der Waals surface area contributed by atoms with Gasteiger partial charge in [-0.3, -0.25) is 9.48 Å². The summed E-state index contributed by atoms with van der Waals surface area (Å²) in [7, 11) is 0. The van der Waals surface area contributed by atoms with Gasteiger partial charge < -0.3 is 4.90 Å². The summed E-state index contributed by atoms with van der Waals surface area (Å²) >= 11 is 0. The quantitative estimate of drug-likeness (QED) is 0.839. The first-order valence-electron chi connectivity index (χ1n) is 9.35. The SMILES string of the molecule is CC(C)(C)n1nc(C(=O)N2C[C@H]3[C@H]4CC[C@@H](C4)[C@@H]32)cc1C1CC1. The zero-order valence-electron chi connectivity index (χ0n) is 14.5. The molecule has 0 aromatic carbocycles. The van der Waals surface area contributed by atoms with E-state index in [1.165, 1.54) is 37.8 Å². The Hall–Kier alpha value is -1.32. The monoisotopic (exact) mass is 313 g/mol. The molecule has 4 aliphatic rings. The maximum absolute atomic E-state index is 13.0. The average molecular weight is 313 g/mol. The lowest BCUT2D eigenvalue weighted by atomic mass is 9.76. The van der Waals surface area contributed by atoms with E-state index in [0.717, 1.165) is 24.3 Å². The largest absolute Gasteiger partial charge is 0.333 e. The van der Waals surface area contributed by atoms with Crippen molar-refractivity contribution >= 4 is 5.91 Å². The third kappa shape index (κ3) is 1.96. The Labute approximate surface area is 138 Å². The number of aromatic nitrogens is 2. The molecule has 0 N–H and O–H groups in total. The number of carbonyl (C=O) groups excluding carboxylic acids is 1. The molecule has 3 saturated carbocycles. The standard InChI is InChI=1S/C19H27N3O/c1-19(2,3)22-16(11-4-5-11)9-15(20-22)18(23)21-10-14-12-6-7-13(8-12)17(14)21/h9,11-14,17H,4-8,10H2,1-3H3/t12-,13-,14-,17-/m0/s1. The molecule has 5 rings (SSSR count). The van der Waals surface area contributed by atoms with Crippen molar-refractivity contribution in [3.63, 3.8) is 0 Å². The van der Waals surface area contributed by atoms with Gasteiger partial charge in [0.25, 0.3) is 5.91 Å². The maximum atomic E-state index is 13.0. The molecule has 23 heavy (non-hydrogen) atoms. The normalized spacial score (nSPS) is 35.3. The minimum absolute atomic E-state index is 0.0552. The minimum atomic E-state index is -0.0552. The van der Waals surface area contributed by atoms with Crippen molar-refractivity contribution in [2.45, 2.75) is 70.4 Å². The molecule has 1 saturated heterocycles. The number of hydrogen-bond acceptors (Lipinski definition) is 2. The number of amides is 1. The summed E-state index contributed by atoms with van der Waals surface area (Å²) in [5.74, 6) is 3.28. The van der Waals surface area contributed by atoms with Gasteiger partial charge >= 0.3 is 0 Å². The number of carbonyl (C=O) groups is 1. The molecule has 4 fully saturated rings. The van der Waals surface area contributed by atoms with Crippen LogP contribution in [-0.2, 0) is 5.54 Å². The highest BCUT2D eigenvalue weighted by atomic mass is 16.2. The Balaban J connectivity index is 1.43. The van der Waals surface area contributed by atoms with Crippen molar-refractivity contribution in [1.29, 1.82) is 0 Å². The van der Waals surface area contributed by atoms with Crippen molar-refractivity contribution in [3.8, 4) is 0 Å². The third-order valence-electron chi connectivity index (χ3n) is 6.66. The summed E-state index contributed by atoms with van der Waals surface area (Å²) in [6, 6.07) is 2.62. The minimum Gasteiger partial charge on any atom is -0.333 e. The van der Waals surface area contributed by atoms with Gasteiger partial charge in [-0.2, -0.15) is 5.10 Å². The van der Waals surface area contributed by atoms with Crippen LogP contribution in [0.4, 0.5) is 0 Å². The van der Waals surface area contributed by atoms with Crippen LogP contribution in [0.3, 0.4) is 0 Å². The van der Waals surface area contributed by atoms with Crippen molar-refractivity contribution in [2.24, 2.45) is 17.8 Å². The summed E-state index contributed by atoms with van der Waals surface area (Å²) in [4.78, 5) is 15.2. The van der Waals surface area contributed by atoms with Crippen LogP contribution in [0.2, 0.25) is 0 Å². The molecule has 0 unspecified atom stereocenters. The Morgan fingerprint density at radius 3 is 2.57 bits per heavy atom. The van der Waals surface area contributed by atoms with Gasteiger partial charge in [0.1, 0.15) is 0 Å². The average Bonchev–Trinajstić information content (AvgIpc) is 2.92. The molecule has 1 aliphatic heterocycles. The predicted octanol–water partition coefficient (Wildman–Crippen LogP) is 3.39. The van der Waals surface area contributed by atoms with Gasteiger partial charge in [0.15, 0.2) is 5.69 Å². The van der Waals surface area contributed by atoms with E-state index in [9.17, 15) is 4.79 Å². The van der Waals surface area contributed by atoms with E-state index >= 15 is 0 Å². The van der Waals surface area contributed by atoms with E-state index in [2.05, 4.69) is 36.4 Å². The number of nitrogens with zero attached hydrogens (tertiary/aromatic N) is 3. The lowest BCUT2D eigenvalue weighted by Gasteiger charge is -2.50. The van der Waals surface area contributed by atoms with E-state index in [0.29, 0.717) is 17.7 Å². The Morgan fingerprint density at radius 1 is 1.17 bits per heavy atom. The van der Waals surface area contributed by atoms with Gasteiger partial charge in [0.05, 0.1) is 5.54 Å². The van der Waals surface area contributed by atoms with E-state index < -0.39 is 0 Å². The molecule has 4 atom stereocenters. The number of likely N-dealkylation sites (tertiary alicyclic amines) is 1. The molecule has 0 spiro atoms. The lowest BCUT2D eigenvalue weighted by molar-refractivity contribution is -0.00959. The van der Waals surface area contributed by atoms with Crippen LogP contribution >= 0.6 is 0 Å². The van der Waals surface area contributed by atoms with E-state index in [4.69, 9.17) is 5.10 Å². The molecule has 3 aliphatic carbocycles. The van der Waals surface area contributed by atoms with Crippen LogP contribution in [0.25, 0.3) is 0 Å². The second-order valence-corrected chi connectivity index (χ2v) is 9.26. The van der Waals surface area contributed by atoms with Crippen molar-refractivity contribution < 1.29 is 4.79 Å². The Kier molecular flexibility index (Phi) is 2.69. The van der Waals surface area contributed by atoms with Crippen LogP contribution in [0, 0.1) is 17.8 Å². The predicted molar refractivity (Wildman–Crippen MR) is 88.3 cm³/mol. The molecule has 1 amide bonds. The first-order chi connectivity index (χ1) is 10.9. The molecule has 0 radical (unpaired) electrons. The van der Waals surface area contributed by atoms with Crippen LogP contribution in [0.15, 0.2) is 6.07 Å². The molecular formula is C19H27N3O. The number of rotatable bonds is 2. The van der Waals surface area contributed by atoms with Crippen LogP contribution in [-0.4, -0.2) is 33.2 Å². The van der Waals surface area contributed by atoms with Crippen molar-refractivity contribution in [2.75, 3.05) is 6.54 Å². The number of hydrogen-bond donors (Lipinski definition) is 0. The van der Waals surface area contributed by atoms with Crippen LogP contribution < -0.4 is 0 Å². The maximum Gasteiger partial charge on any atom is 0.274 e. The summed E-state index contributed by atoms with van der Waals surface area (Å²) < 4.78 is 2.11. The van der Waals surface area contributed by atoms with E-state index in [1.807, 2.05) is 0 Å². The van der Waals surface area contributed by atoms with Crippen LogP contribution in [0.1, 0.15) is 75.0 Å². The summed E-state index contributed by atoms with van der Waals surface area (Å²) in [5.41, 5.74) is 1.90. The Morgan fingerprint density at radius 2 is 1.91 bits per heavy atom. The highest BCUT2D eigenvalue weighted by Crippen LogP contribution is 2.55. The molecule has 1 aromatic heterocycles. The fourth-order valence-corrected chi connectivity index (χ4v) is 5.41. The van der Waals surface area contributed by atoms with Crippen LogP contribution in [0.5, 0.6) is 0 Å². The molecule has 1 aromatic rings. The van der Waals surface area contributed by atoms with E-state index in [1.54, 1.807) is 0 Å². The lowest BCUT2D eigenvalue weighted by Crippen LogP contribution is -2.61. The fraction of sp³-hybridized carbons (Fsp3) is 0.789. The molecule has 2 heterocycles. The molecule has 4 nitrogen and oxygen atoms in total. The van der Waals surface area contributed by atoms with Gasteiger partial charge in [-0.1, -0.05) is 0 Å². The second-order valence-electron chi connectivity index (χ2n) is 9.26. The first-order valence-corrected chi connectivity index (χ1v) is 9.35. The van der Waals surface area contributed by atoms with E-state index in [-0.39, 0.29) is 11.4 Å². The smallest absolute Gasteiger partial charge is 0.274 e. The van der Waals surface area contributed by atoms with Gasteiger partial charge in [0.2, 0.25) is 0 Å². The zero-order valence-corrected chi connectivity index (χ0v) is 14.5. The summed E-state index contributed by atoms with van der Waals surface area (Å²) in [6.07, 6.45) is 6.59.